The summed E-state index contributed by atoms with van der Waals surface area (Å²) < 4.78 is 9.46. The summed E-state index contributed by atoms with van der Waals surface area (Å²) in [5.74, 6) is 0.566. The summed E-state index contributed by atoms with van der Waals surface area (Å²) in [6.07, 6.45) is 2.59. The van der Waals surface area contributed by atoms with Gasteiger partial charge in [-0.2, -0.15) is 0 Å². The van der Waals surface area contributed by atoms with E-state index in [2.05, 4.69) is 21.8 Å². The van der Waals surface area contributed by atoms with Crippen LogP contribution in [0.1, 0.15) is 12.5 Å². The first-order valence-electron chi connectivity index (χ1n) is 7.64. The minimum absolute atomic E-state index is 0.0163. The summed E-state index contributed by atoms with van der Waals surface area (Å²) in [6, 6.07) is 15.3. The lowest BCUT2D eigenvalue weighted by molar-refractivity contribution is -0.118. The number of aromatic nitrogens is 2. The molecule has 1 N–H and O–H groups in total. The maximum absolute atomic E-state index is 12.0. The lowest BCUT2D eigenvalue weighted by Crippen LogP contribution is -2.20. The normalized spacial score (nSPS) is 10.4. The molecule has 122 valence electrons. The van der Waals surface area contributed by atoms with Crippen LogP contribution in [-0.4, -0.2) is 22.1 Å². The summed E-state index contributed by atoms with van der Waals surface area (Å²) in [4.78, 5) is 13.0. The van der Waals surface area contributed by atoms with Gasteiger partial charge in [0, 0.05) is 5.69 Å². The molecule has 1 amide bonds. The summed E-state index contributed by atoms with van der Waals surface area (Å²) in [5.41, 5.74) is 2.84. The van der Waals surface area contributed by atoms with Gasteiger partial charge < -0.3 is 10.1 Å². The second kappa shape index (κ2) is 7.70. The fourth-order valence-electron chi connectivity index (χ4n) is 2.29. The van der Waals surface area contributed by atoms with Crippen molar-refractivity contribution in [3.63, 3.8) is 0 Å². The van der Waals surface area contributed by atoms with Crippen molar-refractivity contribution in [3.8, 4) is 16.2 Å². The van der Waals surface area contributed by atoms with Crippen molar-refractivity contribution in [1.29, 1.82) is 0 Å². The van der Waals surface area contributed by atoms with Crippen LogP contribution in [0.15, 0.2) is 54.7 Å². The Balaban J connectivity index is 1.57. The lowest BCUT2D eigenvalue weighted by Gasteiger charge is -2.10. The predicted molar refractivity (Wildman–Crippen MR) is 95.3 cm³/mol. The maximum atomic E-state index is 12.0. The number of carbonyl (C=O) groups is 1. The van der Waals surface area contributed by atoms with Gasteiger partial charge in [0.25, 0.3) is 5.91 Å². The summed E-state index contributed by atoms with van der Waals surface area (Å²) in [7, 11) is 0. The molecule has 0 bridgehead atoms. The number of amides is 1. The fourth-order valence-corrected chi connectivity index (χ4v) is 2.81. The highest BCUT2D eigenvalue weighted by atomic mass is 32.1. The average molecular weight is 339 g/mol. The molecule has 0 spiro atoms. The Morgan fingerprint density at radius 1 is 1.17 bits per heavy atom. The largest absolute Gasteiger partial charge is 0.483 e. The van der Waals surface area contributed by atoms with E-state index in [0.29, 0.717) is 0 Å². The van der Waals surface area contributed by atoms with Crippen molar-refractivity contribution in [1.82, 2.24) is 9.59 Å². The number of aryl methyl sites for hydroxylation is 1. The molecule has 0 radical (unpaired) electrons. The highest BCUT2D eigenvalue weighted by Crippen LogP contribution is 2.23. The zero-order valence-corrected chi connectivity index (χ0v) is 14.0. The lowest BCUT2D eigenvalue weighted by atomic mass is 10.1. The van der Waals surface area contributed by atoms with E-state index in [1.807, 2.05) is 48.5 Å². The second-order valence-electron chi connectivity index (χ2n) is 5.16. The molecule has 24 heavy (non-hydrogen) atoms. The Kier molecular flexibility index (Phi) is 5.18. The number of nitrogens with zero attached hydrogens (tertiary/aromatic N) is 2. The number of benzene rings is 2. The Hall–Kier alpha value is -2.73. The Labute approximate surface area is 144 Å². The first kappa shape index (κ1) is 16.1. The molecule has 0 fully saturated rings. The van der Waals surface area contributed by atoms with E-state index in [0.717, 1.165) is 33.9 Å². The van der Waals surface area contributed by atoms with Gasteiger partial charge in [-0.1, -0.05) is 41.7 Å². The molecule has 1 heterocycles. The molecule has 0 saturated heterocycles. The molecule has 0 aliphatic rings. The van der Waals surface area contributed by atoms with Crippen LogP contribution >= 0.6 is 11.5 Å². The molecule has 5 nitrogen and oxygen atoms in total. The number of rotatable bonds is 6. The van der Waals surface area contributed by atoms with Crippen molar-refractivity contribution in [2.75, 3.05) is 11.9 Å². The Morgan fingerprint density at radius 2 is 1.96 bits per heavy atom. The predicted octanol–water partition coefficient (Wildman–Crippen LogP) is 3.79. The van der Waals surface area contributed by atoms with Gasteiger partial charge in [0.05, 0.1) is 11.1 Å². The van der Waals surface area contributed by atoms with Crippen LogP contribution in [0.3, 0.4) is 0 Å². The number of anilines is 1. The molecule has 0 aliphatic heterocycles. The van der Waals surface area contributed by atoms with Crippen molar-refractivity contribution >= 4 is 23.1 Å². The van der Waals surface area contributed by atoms with Crippen molar-refractivity contribution in [2.24, 2.45) is 0 Å². The monoisotopic (exact) mass is 339 g/mol. The van der Waals surface area contributed by atoms with E-state index in [4.69, 9.17) is 4.74 Å². The molecule has 0 unspecified atom stereocenters. The first-order valence-corrected chi connectivity index (χ1v) is 8.42. The highest BCUT2D eigenvalue weighted by Gasteiger charge is 2.07. The van der Waals surface area contributed by atoms with E-state index < -0.39 is 0 Å². The van der Waals surface area contributed by atoms with Crippen LogP contribution in [0.4, 0.5) is 5.69 Å². The molecule has 6 heteroatoms. The van der Waals surface area contributed by atoms with Crippen LogP contribution in [0.5, 0.6) is 5.75 Å². The third-order valence-corrected chi connectivity index (χ3v) is 4.24. The molecular weight excluding hydrogens is 322 g/mol. The van der Waals surface area contributed by atoms with E-state index in [1.54, 1.807) is 6.20 Å². The van der Waals surface area contributed by atoms with Gasteiger partial charge in [0.2, 0.25) is 0 Å². The molecule has 1 aromatic heterocycles. The standard InChI is InChI=1S/C18H17N3O2S/c1-2-13-5-3-4-6-16(13)23-12-18(22)20-15-9-7-14(8-10-15)17-11-19-21-24-17/h3-11H,2,12H2,1H3,(H,20,22). The third-order valence-electron chi connectivity index (χ3n) is 3.53. The summed E-state index contributed by atoms with van der Waals surface area (Å²) >= 11 is 1.34. The van der Waals surface area contributed by atoms with Crippen molar-refractivity contribution in [2.45, 2.75) is 13.3 Å². The first-order chi connectivity index (χ1) is 11.8. The maximum Gasteiger partial charge on any atom is 0.262 e. The van der Waals surface area contributed by atoms with Gasteiger partial charge in [-0.15, -0.1) is 5.10 Å². The van der Waals surface area contributed by atoms with Gasteiger partial charge in [-0.25, -0.2) is 0 Å². The van der Waals surface area contributed by atoms with Crippen LogP contribution in [0.25, 0.3) is 10.4 Å². The van der Waals surface area contributed by atoms with Crippen LogP contribution in [0, 0.1) is 0 Å². The van der Waals surface area contributed by atoms with Gasteiger partial charge in [0.1, 0.15) is 5.75 Å². The Bertz CT molecular complexity index is 801. The average Bonchev–Trinajstić information content (AvgIpc) is 3.15. The van der Waals surface area contributed by atoms with E-state index in [-0.39, 0.29) is 12.5 Å². The summed E-state index contributed by atoms with van der Waals surface area (Å²) in [5, 5.41) is 6.65. The molecule has 2 aromatic carbocycles. The number of carbonyl (C=O) groups excluding carboxylic acids is 1. The van der Waals surface area contributed by atoms with Crippen LogP contribution in [0.2, 0.25) is 0 Å². The minimum Gasteiger partial charge on any atom is -0.483 e. The SMILES string of the molecule is CCc1ccccc1OCC(=O)Nc1ccc(-c2cnns2)cc1. The zero-order chi connectivity index (χ0) is 16.8. The van der Waals surface area contributed by atoms with E-state index in [1.165, 1.54) is 11.5 Å². The highest BCUT2D eigenvalue weighted by molar-refractivity contribution is 7.09. The Morgan fingerprint density at radius 3 is 2.67 bits per heavy atom. The van der Waals surface area contributed by atoms with Gasteiger partial charge in [0.15, 0.2) is 6.61 Å². The van der Waals surface area contributed by atoms with Crippen molar-refractivity contribution < 1.29 is 9.53 Å². The van der Waals surface area contributed by atoms with Gasteiger partial charge in [-0.3, -0.25) is 4.79 Å². The van der Waals surface area contributed by atoms with Crippen LogP contribution in [-0.2, 0) is 11.2 Å². The third kappa shape index (κ3) is 3.97. The molecule has 0 saturated carbocycles. The fraction of sp³-hybridized carbons (Fsp3) is 0.167. The number of para-hydroxylation sites is 1. The van der Waals surface area contributed by atoms with E-state index >= 15 is 0 Å². The molecule has 3 aromatic rings. The van der Waals surface area contributed by atoms with Gasteiger partial charge in [-0.05, 0) is 47.3 Å². The molecular formula is C18H17N3O2S. The number of hydrogen-bond acceptors (Lipinski definition) is 5. The second-order valence-corrected chi connectivity index (χ2v) is 5.94. The topological polar surface area (TPSA) is 64.1 Å². The number of ether oxygens (including phenoxy) is 1. The minimum atomic E-state index is -0.187. The van der Waals surface area contributed by atoms with Gasteiger partial charge >= 0.3 is 0 Å². The van der Waals surface area contributed by atoms with E-state index in [9.17, 15) is 4.79 Å². The number of hydrogen-bond donors (Lipinski definition) is 1. The smallest absolute Gasteiger partial charge is 0.262 e. The molecule has 0 atom stereocenters. The molecule has 0 aliphatic carbocycles. The number of nitrogens with one attached hydrogen (secondary N) is 1. The van der Waals surface area contributed by atoms with Crippen LogP contribution < -0.4 is 10.1 Å². The summed E-state index contributed by atoms with van der Waals surface area (Å²) in [6.45, 7) is 2.04. The zero-order valence-electron chi connectivity index (χ0n) is 13.2. The van der Waals surface area contributed by atoms with Crippen molar-refractivity contribution in [3.05, 3.63) is 60.3 Å². The molecule has 3 rings (SSSR count). The quantitative estimate of drug-likeness (QED) is 0.742.